The SMILES string of the molecule is O=C(CSc1nnc(COc2ccccc2Cl)o1)Nc1cc(Cl)ccc1Cl. The smallest absolute Gasteiger partial charge is 0.277 e. The molecule has 1 N–H and O–H groups in total. The summed E-state index contributed by atoms with van der Waals surface area (Å²) in [6.45, 7) is 0.0710. The molecule has 0 bridgehead atoms. The molecule has 1 heterocycles. The fraction of sp³-hybridized carbons (Fsp3) is 0.118. The molecule has 0 saturated heterocycles. The predicted octanol–water partition coefficient (Wildman–Crippen LogP) is 5.34. The van der Waals surface area contributed by atoms with Gasteiger partial charge in [0.05, 0.1) is 21.5 Å². The lowest BCUT2D eigenvalue weighted by atomic mass is 10.3. The van der Waals surface area contributed by atoms with Gasteiger partial charge >= 0.3 is 0 Å². The number of amides is 1. The van der Waals surface area contributed by atoms with Gasteiger partial charge in [0, 0.05) is 5.02 Å². The Hall–Kier alpha value is -1.93. The van der Waals surface area contributed by atoms with Crippen molar-refractivity contribution in [2.45, 2.75) is 11.8 Å². The highest BCUT2D eigenvalue weighted by molar-refractivity contribution is 7.99. The summed E-state index contributed by atoms with van der Waals surface area (Å²) in [5.74, 6) is 0.576. The van der Waals surface area contributed by atoms with Crippen LogP contribution in [0.1, 0.15) is 5.89 Å². The van der Waals surface area contributed by atoms with E-state index in [2.05, 4.69) is 15.5 Å². The van der Waals surface area contributed by atoms with E-state index in [9.17, 15) is 4.79 Å². The maximum atomic E-state index is 12.0. The lowest BCUT2D eigenvalue weighted by Gasteiger charge is -2.06. The normalized spacial score (nSPS) is 10.6. The van der Waals surface area contributed by atoms with E-state index in [0.29, 0.717) is 26.5 Å². The summed E-state index contributed by atoms with van der Waals surface area (Å²) in [5.41, 5.74) is 0.439. The Bertz CT molecular complexity index is 952. The van der Waals surface area contributed by atoms with Gasteiger partial charge in [0.15, 0.2) is 6.61 Å². The van der Waals surface area contributed by atoms with E-state index >= 15 is 0 Å². The van der Waals surface area contributed by atoms with Gasteiger partial charge in [-0.15, -0.1) is 10.2 Å². The van der Waals surface area contributed by atoms with Gasteiger partial charge < -0.3 is 14.5 Å². The van der Waals surface area contributed by atoms with Gasteiger partial charge in [-0.25, -0.2) is 0 Å². The van der Waals surface area contributed by atoms with Gasteiger partial charge in [0.2, 0.25) is 5.91 Å². The van der Waals surface area contributed by atoms with Crippen LogP contribution in [0.2, 0.25) is 15.1 Å². The minimum Gasteiger partial charge on any atom is -0.482 e. The van der Waals surface area contributed by atoms with E-state index in [1.807, 2.05) is 0 Å². The molecule has 140 valence electrons. The monoisotopic (exact) mass is 443 g/mol. The van der Waals surface area contributed by atoms with Crippen molar-refractivity contribution in [2.75, 3.05) is 11.1 Å². The summed E-state index contributed by atoms with van der Waals surface area (Å²) in [4.78, 5) is 12.0. The first-order valence-corrected chi connectivity index (χ1v) is 9.70. The van der Waals surface area contributed by atoms with Crippen molar-refractivity contribution in [1.82, 2.24) is 10.2 Å². The number of rotatable bonds is 7. The van der Waals surface area contributed by atoms with E-state index < -0.39 is 0 Å². The van der Waals surface area contributed by atoms with Crippen molar-refractivity contribution in [3.8, 4) is 5.75 Å². The molecule has 0 aliphatic carbocycles. The number of thioether (sulfide) groups is 1. The van der Waals surface area contributed by atoms with Crippen LogP contribution < -0.4 is 10.1 Å². The maximum Gasteiger partial charge on any atom is 0.277 e. The molecule has 0 fully saturated rings. The largest absolute Gasteiger partial charge is 0.482 e. The second-order valence-electron chi connectivity index (χ2n) is 5.14. The molecule has 0 atom stereocenters. The van der Waals surface area contributed by atoms with Crippen molar-refractivity contribution >= 4 is 58.2 Å². The van der Waals surface area contributed by atoms with E-state index in [1.165, 1.54) is 0 Å². The van der Waals surface area contributed by atoms with E-state index in [0.717, 1.165) is 11.8 Å². The van der Waals surface area contributed by atoms with Crippen LogP contribution in [0.25, 0.3) is 0 Å². The van der Waals surface area contributed by atoms with Gasteiger partial charge in [0.1, 0.15) is 5.75 Å². The first-order valence-electron chi connectivity index (χ1n) is 7.58. The summed E-state index contributed by atoms with van der Waals surface area (Å²) in [6, 6.07) is 11.9. The highest BCUT2D eigenvalue weighted by Gasteiger charge is 2.12. The highest BCUT2D eigenvalue weighted by Crippen LogP contribution is 2.26. The van der Waals surface area contributed by atoms with Gasteiger partial charge in [-0.2, -0.15) is 0 Å². The summed E-state index contributed by atoms with van der Waals surface area (Å²) < 4.78 is 11.0. The van der Waals surface area contributed by atoms with E-state index in [1.54, 1.807) is 42.5 Å². The van der Waals surface area contributed by atoms with Gasteiger partial charge in [-0.3, -0.25) is 4.79 Å². The van der Waals surface area contributed by atoms with Crippen molar-refractivity contribution in [2.24, 2.45) is 0 Å². The van der Waals surface area contributed by atoms with Crippen molar-refractivity contribution in [3.05, 3.63) is 63.4 Å². The van der Waals surface area contributed by atoms with Crippen LogP contribution in [-0.4, -0.2) is 21.9 Å². The van der Waals surface area contributed by atoms with Crippen LogP contribution in [0.5, 0.6) is 5.75 Å². The number of hydrogen-bond acceptors (Lipinski definition) is 6. The Balaban J connectivity index is 1.50. The number of carbonyl (C=O) groups excluding carboxylic acids is 1. The zero-order chi connectivity index (χ0) is 19.2. The fourth-order valence-corrected chi connectivity index (χ4v) is 3.07. The molecule has 0 aliphatic heterocycles. The molecular weight excluding hydrogens is 433 g/mol. The maximum absolute atomic E-state index is 12.0. The third-order valence-corrected chi connectivity index (χ3v) is 4.86. The molecule has 1 amide bonds. The molecule has 6 nitrogen and oxygen atoms in total. The van der Waals surface area contributed by atoms with Crippen LogP contribution in [0.15, 0.2) is 52.1 Å². The number of anilines is 1. The second kappa shape index (κ2) is 9.32. The number of benzene rings is 2. The van der Waals surface area contributed by atoms with Crippen molar-refractivity contribution in [3.63, 3.8) is 0 Å². The third kappa shape index (κ3) is 5.77. The van der Waals surface area contributed by atoms with Crippen LogP contribution in [0.4, 0.5) is 5.69 Å². The Morgan fingerprint density at radius 1 is 1.11 bits per heavy atom. The molecule has 0 spiro atoms. The van der Waals surface area contributed by atoms with Crippen LogP contribution in [0.3, 0.4) is 0 Å². The number of ether oxygens (including phenoxy) is 1. The number of nitrogens with one attached hydrogen (secondary N) is 1. The molecular formula is C17H12Cl3N3O3S. The van der Waals surface area contributed by atoms with Crippen molar-refractivity contribution in [1.29, 1.82) is 0 Å². The lowest BCUT2D eigenvalue weighted by molar-refractivity contribution is -0.113. The Morgan fingerprint density at radius 3 is 2.74 bits per heavy atom. The third-order valence-electron chi connectivity index (χ3n) is 3.17. The van der Waals surface area contributed by atoms with Gasteiger partial charge in [-0.05, 0) is 30.3 Å². The number of hydrogen-bond donors (Lipinski definition) is 1. The molecule has 0 saturated carbocycles. The zero-order valence-electron chi connectivity index (χ0n) is 13.6. The first-order chi connectivity index (χ1) is 13.0. The molecule has 10 heteroatoms. The minimum absolute atomic E-state index is 0.0653. The van der Waals surface area contributed by atoms with E-state index in [4.69, 9.17) is 44.0 Å². The Kier molecular flexibility index (Phi) is 6.84. The summed E-state index contributed by atoms with van der Waals surface area (Å²) in [5, 5.41) is 12.0. The molecule has 3 rings (SSSR count). The van der Waals surface area contributed by atoms with Crippen LogP contribution in [0, 0.1) is 0 Å². The second-order valence-corrected chi connectivity index (χ2v) is 7.32. The Labute approximate surface area is 174 Å². The zero-order valence-corrected chi connectivity index (χ0v) is 16.7. The molecule has 1 aromatic heterocycles. The quantitative estimate of drug-likeness (QED) is 0.496. The van der Waals surface area contributed by atoms with Crippen LogP contribution in [-0.2, 0) is 11.4 Å². The summed E-state index contributed by atoms with van der Waals surface area (Å²) in [7, 11) is 0. The predicted molar refractivity (Wildman–Crippen MR) is 106 cm³/mol. The molecule has 27 heavy (non-hydrogen) atoms. The fourth-order valence-electron chi connectivity index (χ4n) is 1.96. The van der Waals surface area contributed by atoms with Gasteiger partial charge in [-0.1, -0.05) is 58.7 Å². The number of halogens is 3. The van der Waals surface area contributed by atoms with Crippen molar-refractivity contribution < 1.29 is 13.9 Å². The summed E-state index contributed by atoms with van der Waals surface area (Å²) in [6.07, 6.45) is 0. The Morgan fingerprint density at radius 2 is 1.93 bits per heavy atom. The average molecular weight is 445 g/mol. The minimum atomic E-state index is -0.281. The van der Waals surface area contributed by atoms with Crippen LogP contribution >= 0.6 is 46.6 Å². The van der Waals surface area contributed by atoms with E-state index in [-0.39, 0.29) is 29.4 Å². The van der Waals surface area contributed by atoms with Gasteiger partial charge in [0.25, 0.3) is 11.1 Å². The first kappa shape index (κ1) is 19.8. The number of aromatic nitrogens is 2. The molecule has 0 radical (unpaired) electrons. The molecule has 0 unspecified atom stereocenters. The average Bonchev–Trinajstić information content (AvgIpc) is 3.10. The number of carbonyl (C=O) groups is 1. The topological polar surface area (TPSA) is 77.2 Å². The number of nitrogens with zero attached hydrogens (tertiary/aromatic N) is 2. The highest BCUT2D eigenvalue weighted by atomic mass is 35.5. The molecule has 2 aromatic carbocycles. The summed E-state index contributed by atoms with van der Waals surface area (Å²) >= 11 is 19.0. The molecule has 0 aliphatic rings. The number of para-hydroxylation sites is 1. The standard InChI is InChI=1S/C17H12Cl3N3O3S/c18-10-5-6-11(19)13(7-10)21-15(24)9-27-17-23-22-16(26-17)8-25-14-4-2-1-3-12(14)20/h1-7H,8-9H2,(H,21,24). The lowest BCUT2D eigenvalue weighted by Crippen LogP contribution is -2.14. The molecule has 3 aromatic rings.